The molecular formula is C19H17BrN2. The van der Waals surface area contributed by atoms with E-state index >= 15 is 0 Å². The van der Waals surface area contributed by atoms with Gasteiger partial charge in [0.1, 0.15) is 18.9 Å². The maximum absolute atomic E-state index is 2.28. The molecule has 4 aromatic rings. The predicted molar refractivity (Wildman–Crippen MR) is 86.2 cm³/mol. The highest BCUT2D eigenvalue weighted by Crippen LogP contribution is 2.28. The first-order valence-corrected chi connectivity index (χ1v) is 7.22. The summed E-state index contributed by atoms with van der Waals surface area (Å²) in [4.78, 5) is 0. The number of rotatable bonds is 2. The maximum Gasteiger partial charge on any atom is 0.243 e. The summed E-state index contributed by atoms with van der Waals surface area (Å²) in [6.07, 6.45) is 6.32. The fraction of sp³-hybridized carbons (Fsp3) is 0.105. The molecule has 0 amide bonds. The van der Waals surface area contributed by atoms with E-state index in [1.807, 2.05) is 0 Å². The van der Waals surface area contributed by atoms with Crippen LogP contribution in [0.15, 0.2) is 73.3 Å². The van der Waals surface area contributed by atoms with Gasteiger partial charge in [-0.25, -0.2) is 9.13 Å². The fourth-order valence-electron chi connectivity index (χ4n) is 3.06. The molecule has 1 heterocycles. The zero-order valence-corrected chi connectivity index (χ0v) is 14.0. The largest absolute Gasteiger partial charge is 1.00 e. The Morgan fingerprint density at radius 2 is 1.50 bits per heavy atom. The Morgan fingerprint density at radius 1 is 0.909 bits per heavy atom. The van der Waals surface area contributed by atoms with Crippen LogP contribution < -0.4 is 21.5 Å². The Morgan fingerprint density at radius 3 is 2.05 bits per heavy atom. The number of fused-ring (bicyclic) bond motifs is 2. The third-order valence-electron chi connectivity index (χ3n) is 4.05. The molecule has 0 bridgehead atoms. The van der Waals surface area contributed by atoms with Crippen molar-refractivity contribution in [3.05, 3.63) is 78.9 Å². The van der Waals surface area contributed by atoms with E-state index in [1.54, 1.807) is 0 Å². The summed E-state index contributed by atoms with van der Waals surface area (Å²) in [5, 5.41) is 5.30. The molecule has 0 saturated carbocycles. The average molecular weight is 353 g/mol. The quantitative estimate of drug-likeness (QED) is 0.370. The van der Waals surface area contributed by atoms with Crippen LogP contribution in [0, 0.1) is 0 Å². The van der Waals surface area contributed by atoms with Crippen molar-refractivity contribution in [2.75, 3.05) is 0 Å². The van der Waals surface area contributed by atoms with Gasteiger partial charge in [0.15, 0.2) is 0 Å². The molecule has 0 aliphatic rings. The molecule has 0 radical (unpaired) electrons. The van der Waals surface area contributed by atoms with E-state index in [2.05, 4.69) is 89.5 Å². The minimum absolute atomic E-state index is 0. The molecule has 0 fully saturated rings. The normalized spacial score (nSPS) is 10.8. The summed E-state index contributed by atoms with van der Waals surface area (Å²) in [7, 11) is 2.05. The van der Waals surface area contributed by atoms with Gasteiger partial charge in [-0.15, -0.1) is 0 Å². The summed E-state index contributed by atoms with van der Waals surface area (Å²) in [6.45, 7) is 0.892. The van der Waals surface area contributed by atoms with Crippen molar-refractivity contribution in [2.24, 2.45) is 7.05 Å². The van der Waals surface area contributed by atoms with Crippen LogP contribution in [-0.2, 0) is 13.6 Å². The molecular weight excluding hydrogens is 336 g/mol. The molecule has 0 saturated heterocycles. The highest BCUT2D eigenvalue weighted by atomic mass is 79.9. The van der Waals surface area contributed by atoms with E-state index in [-0.39, 0.29) is 17.0 Å². The average Bonchev–Trinajstić information content (AvgIpc) is 2.92. The number of aromatic nitrogens is 2. The SMILES string of the molecule is C[n+]1ccn(Cc2c3ccccc3cc3ccccc23)c1.[Br-]. The number of halogens is 1. The highest BCUT2D eigenvalue weighted by Gasteiger charge is 2.10. The van der Waals surface area contributed by atoms with Gasteiger partial charge in [0, 0.05) is 5.56 Å². The summed E-state index contributed by atoms with van der Waals surface area (Å²) < 4.78 is 4.31. The summed E-state index contributed by atoms with van der Waals surface area (Å²) in [5.41, 5.74) is 1.39. The zero-order valence-electron chi connectivity index (χ0n) is 12.4. The Kier molecular flexibility index (Phi) is 3.99. The molecule has 2 nitrogen and oxygen atoms in total. The molecule has 110 valence electrons. The van der Waals surface area contributed by atoms with Crippen LogP contribution in [-0.4, -0.2) is 4.57 Å². The Balaban J connectivity index is 0.00000144. The van der Waals surface area contributed by atoms with Gasteiger partial charge in [0.05, 0.1) is 7.05 Å². The van der Waals surface area contributed by atoms with Gasteiger partial charge in [0.25, 0.3) is 0 Å². The van der Waals surface area contributed by atoms with E-state index in [4.69, 9.17) is 0 Å². The van der Waals surface area contributed by atoms with E-state index in [1.165, 1.54) is 27.1 Å². The molecule has 1 aromatic heterocycles. The fourth-order valence-corrected chi connectivity index (χ4v) is 3.06. The van der Waals surface area contributed by atoms with Crippen molar-refractivity contribution in [2.45, 2.75) is 6.54 Å². The molecule has 0 atom stereocenters. The second-order valence-corrected chi connectivity index (χ2v) is 5.55. The monoisotopic (exact) mass is 352 g/mol. The molecule has 3 heteroatoms. The zero-order chi connectivity index (χ0) is 14.2. The first kappa shape index (κ1) is 14.8. The first-order chi connectivity index (χ1) is 10.3. The standard InChI is InChI=1S/C19H17N2.BrH/c1-20-10-11-21(14-20)13-19-17-8-4-2-6-15(17)12-16-7-3-5-9-18(16)19;/h2-12,14H,13H2,1H3;1H/q+1;/p-1. The van der Waals surface area contributed by atoms with Gasteiger partial charge in [-0.05, 0) is 27.6 Å². The third-order valence-corrected chi connectivity index (χ3v) is 4.05. The van der Waals surface area contributed by atoms with E-state index < -0.39 is 0 Å². The van der Waals surface area contributed by atoms with Gasteiger partial charge in [-0.3, -0.25) is 0 Å². The Bertz CT molecular complexity index is 886. The van der Waals surface area contributed by atoms with E-state index in [0.717, 1.165) is 6.54 Å². The lowest BCUT2D eigenvalue weighted by molar-refractivity contribution is -0.671. The van der Waals surface area contributed by atoms with E-state index in [9.17, 15) is 0 Å². The lowest BCUT2D eigenvalue weighted by atomic mass is 9.97. The van der Waals surface area contributed by atoms with Crippen molar-refractivity contribution in [3.8, 4) is 0 Å². The number of hydrogen-bond donors (Lipinski definition) is 0. The second kappa shape index (κ2) is 5.93. The highest BCUT2D eigenvalue weighted by molar-refractivity contribution is 6.02. The minimum Gasteiger partial charge on any atom is -1.00 e. The van der Waals surface area contributed by atoms with Crippen molar-refractivity contribution in [3.63, 3.8) is 0 Å². The summed E-state index contributed by atoms with van der Waals surface area (Å²) >= 11 is 0. The molecule has 22 heavy (non-hydrogen) atoms. The van der Waals surface area contributed by atoms with Gasteiger partial charge >= 0.3 is 0 Å². The topological polar surface area (TPSA) is 8.81 Å². The first-order valence-electron chi connectivity index (χ1n) is 7.22. The number of imidazole rings is 1. The van der Waals surface area contributed by atoms with E-state index in [0.29, 0.717) is 0 Å². The number of nitrogens with zero attached hydrogens (tertiary/aromatic N) is 2. The molecule has 4 rings (SSSR count). The lowest BCUT2D eigenvalue weighted by Crippen LogP contribution is -3.00. The van der Waals surface area contributed by atoms with Crippen LogP contribution in [0.5, 0.6) is 0 Å². The summed E-state index contributed by atoms with van der Waals surface area (Å²) in [5.74, 6) is 0. The predicted octanol–water partition coefficient (Wildman–Crippen LogP) is 0.671. The number of aryl methyl sites for hydroxylation is 1. The molecule has 0 unspecified atom stereocenters. The number of benzene rings is 3. The second-order valence-electron chi connectivity index (χ2n) is 5.55. The molecule has 0 N–H and O–H groups in total. The van der Waals surface area contributed by atoms with Crippen molar-refractivity contribution in [1.29, 1.82) is 0 Å². The molecule has 0 spiro atoms. The van der Waals surface area contributed by atoms with Gasteiger partial charge in [0.2, 0.25) is 6.33 Å². The van der Waals surface area contributed by atoms with Crippen LogP contribution in [0.2, 0.25) is 0 Å². The Labute approximate surface area is 140 Å². The number of hydrogen-bond acceptors (Lipinski definition) is 0. The third kappa shape index (κ3) is 2.53. The van der Waals surface area contributed by atoms with Crippen LogP contribution in [0.3, 0.4) is 0 Å². The molecule has 3 aromatic carbocycles. The van der Waals surface area contributed by atoms with Crippen molar-refractivity contribution >= 4 is 21.5 Å². The maximum atomic E-state index is 2.28. The van der Waals surface area contributed by atoms with Crippen LogP contribution in [0.4, 0.5) is 0 Å². The minimum atomic E-state index is 0. The molecule has 0 aliphatic heterocycles. The van der Waals surface area contributed by atoms with Gasteiger partial charge < -0.3 is 17.0 Å². The summed E-state index contributed by atoms with van der Waals surface area (Å²) in [6, 6.07) is 19.6. The van der Waals surface area contributed by atoms with Crippen LogP contribution >= 0.6 is 0 Å². The Hall–Kier alpha value is -2.13. The molecule has 0 aliphatic carbocycles. The lowest BCUT2D eigenvalue weighted by Gasteiger charge is -2.10. The van der Waals surface area contributed by atoms with Gasteiger partial charge in [-0.1, -0.05) is 48.5 Å². The van der Waals surface area contributed by atoms with Gasteiger partial charge in [-0.2, -0.15) is 0 Å². The van der Waals surface area contributed by atoms with Crippen molar-refractivity contribution in [1.82, 2.24) is 4.57 Å². The van der Waals surface area contributed by atoms with Crippen molar-refractivity contribution < 1.29 is 21.5 Å². The smallest absolute Gasteiger partial charge is 0.243 e. The van der Waals surface area contributed by atoms with Crippen LogP contribution in [0.1, 0.15) is 5.56 Å². The van der Waals surface area contributed by atoms with Crippen LogP contribution in [0.25, 0.3) is 21.5 Å².